The Hall–Kier alpha value is -1.42. The van der Waals surface area contributed by atoms with Crippen LogP contribution in [0.4, 0.5) is 0 Å². The highest BCUT2D eigenvalue weighted by Gasteiger charge is 2.31. The van der Waals surface area contributed by atoms with Crippen LogP contribution in [0.15, 0.2) is 23.4 Å². The van der Waals surface area contributed by atoms with E-state index < -0.39 is 10.0 Å². The minimum atomic E-state index is -3.49. The number of hydrogen-bond donors (Lipinski definition) is 1. The summed E-state index contributed by atoms with van der Waals surface area (Å²) < 4.78 is 26.5. The van der Waals surface area contributed by atoms with E-state index in [9.17, 15) is 8.42 Å². The molecule has 1 fully saturated rings. The van der Waals surface area contributed by atoms with Crippen LogP contribution in [0.2, 0.25) is 0 Å². The number of pyridine rings is 1. The Morgan fingerprint density at radius 1 is 1.50 bits per heavy atom. The summed E-state index contributed by atoms with van der Waals surface area (Å²) in [4.78, 5) is 4.09. The largest absolute Gasteiger partial charge is 0.384 e. The van der Waals surface area contributed by atoms with Crippen LogP contribution >= 0.6 is 0 Å². The molecule has 1 aliphatic heterocycles. The van der Waals surface area contributed by atoms with Crippen LogP contribution in [-0.4, -0.2) is 42.5 Å². The molecule has 0 radical (unpaired) electrons. The van der Waals surface area contributed by atoms with Crippen LogP contribution in [0.5, 0.6) is 0 Å². The number of nitrogens with zero attached hydrogens (tertiary/aromatic N) is 2. The molecule has 1 aliphatic rings. The minimum absolute atomic E-state index is 0.166. The van der Waals surface area contributed by atoms with Gasteiger partial charge in [-0.15, -0.1) is 0 Å². The number of sulfonamides is 1. The van der Waals surface area contributed by atoms with Gasteiger partial charge in [-0.2, -0.15) is 4.31 Å². The second-order valence-electron chi connectivity index (χ2n) is 4.80. The minimum Gasteiger partial charge on any atom is -0.384 e. The van der Waals surface area contributed by atoms with Gasteiger partial charge in [-0.05, 0) is 18.4 Å². The zero-order valence-corrected chi connectivity index (χ0v) is 12.2. The molecule has 2 rings (SSSR count). The van der Waals surface area contributed by atoms with Gasteiger partial charge in [0, 0.05) is 31.0 Å². The number of rotatable bonds is 3. The molecule has 1 unspecified atom stereocenters. The summed E-state index contributed by atoms with van der Waals surface area (Å²) >= 11 is 0. The van der Waals surface area contributed by atoms with Crippen molar-refractivity contribution < 1.29 is 13.5 Å². The normalized spacial score (nSPS) is 19.6. The van der Waals surface area contributed by atoms with E-state index in [2.05, 4.69) is 23.7 Å². The first kappa shape index (κ1) is 15.0. The van der Waals surface area contributed by atoms with Crippen molar-refractivity contribution in [3.05, 3.63) is 24.0 Å². The summed E-state index contributed by atoms with van der Waals surface area (Å²) in [5, 5.41) is 8.67. The van der Waals surface area contributed by atoms with Crippen molar-refractivity contribution in [2.24, 2.45) is 5.92 Å². The van der Waals surface area contributed by atoms with Crippen molar-refractivity contribution in [1.29, 1.82) is 0 Å². The predicted octanol–water partition coefficient (Wildman–Crippen LogP) is 0.846. The topological polar surface area (TPSA) is 70.5 Å². The Labute approximate surface area is 119 Å². The van der Waals surface area contributed by atoms with Gasteiger partial charge in [0.25, 0.3) is 0 Å². The van der Waals surface area contributed by atoms with Gasteiger partial charge in [0.15, 0.2) is 0 Å². The summed E-state index contributed by atoms with van der Waals surface area (Å²) in [5.74, 6) is 5.60. The molecule has 0 aromatic carbocycles. The third-order valence-electron chi connectivity index (χ3n) is 3.49. The van der Waals surface area contributed by atoms with E-state index in [1.807, 2.05) is 0 Å². The van der Waals surface area contributed by atoms with Gasteiger partial charge in [-0.25, -0.2) is 8.42 Å². The third kappa shape index (κ3) is 3.18. The van der Waals surface area contributed by atoms with Crippen LogP contribution in [0, 0.1) is 17.8 Å². The lowest BCUT2D eigenvalue weighted by atomic mass is 10.1. The first-order valence-electron chi connectivity index (χ1n) is 6.63. The molecule has 0 aliphatic carbocycles. The lowest BCUT2D eigenvalue weighted by Crippen LogP contribution is -2.29. The Morgan fingerprint density at radius 2 is 2.30 bits per heavy atom. The van der Waals surface area contributed by atoms with Crippen molar-refractivity contribution in [2.45, 2.75) is 24.7 Å². The van der Waals surface area contributed by atoms with Gasteiger partial charge in [0.2, 0.25) is 10.0 Å². The average Bonchev–Trinajstić information content (AvgIpc) is 2.95. The number of hydrogen-bond acceptors (Lipinski definition) is 4. The Bertz CT molecular complexity index is 631. The lowest BCUT2D eigenvalue weighted by molar-refractivity contribution is 0.350. The average molecular weight is 294 g/mol. The van der Waals surface area contributed by atoms with Gasteiger partial charge >= 0.3 is 0 Å². The molecule has 2 heterocycles. The van der Waals surface area contributed by atoms with E-state index in [4.69, 9.17) is 5.11 Å². The highest BCUT2D eigenvalue weighted by Crippen LogP contribution is 2.25. The van der Waals surface area contributed by atoms with Crippen molar-refractivity contribution >= 4 is 10.0 Å². The Balaban J connectivity index is 2.26. The van der Waals surface area contributed by atoms with E-state index in [0.717, 1.165) is 12.8 Å². The van der Waals surface area contributed by atoms with E-state index in [1.165, 1.54) is 22.8 Å². The van der Waals surface area contributed by atoms with Crippen molar-refractivity contribution in [3.63, 3.8) is 0 Å². The van der Waals surface area contributed by atoms with Crippen molar-refractivity contribution in [1.82, 2.24) is 9.29 Å². The van der Waals surface area contributed by atoms with Crippen LogP contribution < -0.4 is 0 Å². The lowest BCUT2D eigenvalue weighted by Gasteiger charge is -2.16. The maximum atomic E-state index is 12.5. The first-order valence-corrected chi connectivity index (χ1v) is 8.07. The SMILES string of the molecule is CCC1CCN(S(=O)(=O)c2cncc(C#CCO)c2)C1. The highest BCUT2D eigenvalue weighted by molar-refractivity contribution is 7.89. The number of aromatic nitrogens is 1. The molecule has 1 N–H and O–H groups in total. The van der Waals surface area contributed by atoms with Gasteiger partial charge in [0.1, 0.15) is 11.5 Å². The predicted molar refractivity (Wildman–Crippen MR) is 75.4 cm³/mol. The summed E-state index contributed by atoms with van der Waals surface area (Å²) in [6.45, 7) is 2.95. The van der Waals surface area contributed by atoms with Crippen LogP contribution in [0.25, 0.3) is 0 Å². The maximum absolute atomic E-state index is 12.5. The highest BCUT2D eigenvalue weighted by atomic mass is 32.2. The molecule has 108 valence electrons. The molecular formula is C14H18N2O3S. The standard InChI is InChI=1S/C14H18N2O3S/c1-2-12-5-6-16(11-12)20(18,19)14-8-13(4-3-7-17)9-15-10-14/h8-10,12,17H,2,5-7,11H2,1H3. The van der Waals surface area contributed by atoms with Gasteiger partial charge in [-0.3, -0.25) is 4.98 Å². The number of aliphatic hydroxyl groups is 1. The number of aliphatic hydroxyl groups excluding tert-OH is 1. The summed E-state index contributed by atoms with van der Waals surface area (Å²) in [6.07, 6.45) is 4.73. The molecule has 1 atom stereocenters. The molecular weight excluding hydrogens is 276 g/mol. The van der Waals surface area contributed by atoms with E-state index >= 15 is 0 Å². The molecule has 0 amide bonds. The summed E-state index contributed by atoms with van der Waals surface area (Å²) in [6, 6.07) is 1.50. The van der Waals surface area contributed by atoms with Crippen LogP contribution in [0.1, 0.15) is 25.3 Å². The second kappa shape index (κ2) is 6.35. The molecule has 0 spiro atoms. The summed E-state index contributed by atoms with van der Waals surface area (Å²) in [7, 11) is -3.49. The van der Waals surface area contributed by atoms with E-state index in [-0.39, 0.29) is 11.5 Å². The van der Waals surface area contributed by atoms with Crippen LogP contribution in [-0.2, 0) is 10.0 Å². The molecule has 6 heteroatoms. The zero-order valence-electron chi connectivity index (χ0n) is 11.4. The van der Waals surface area contributed by atoms with E-state index in [0.29, 0.717) is 24.6 Å². The summed E-state index contributed by atoms with van der Waals surface area (Å²) in [5.41, 5.74) is 0.492. The Morgan fingerprint density at radius 3 is 2.95 bits per heavy atom. The fourth-order valence-corrected chi connectivity index (χ4v) is 3.79. The molecule has 20 heavy (non-hydrogen) atoms. The smallest absolute Gasteiger partial charge is 0.244 e. The van der Waals surface area contributed by atoms with Crippen molar-refractivity contribution in [3.8, 4) is 11.8 Å². The maximum Gasteiger partial charge on any atom is 0.244 e. The third-order valence-corrected chi connectivity index (χ3v) is 5.32. The Kier molecular flexibility index (Phi) is 4.76. The first-order chi connectivity index (χ1) is 9.57. The fourth-order valence-electron chi connectivity index (χ4n) is 2.27. The molecule has 0 bridgehead atoms. The molecule has 1 aromatic rings. The molecule has 0 saturated carbocycles. The van der Waals surface area contributed by atoms with E-state index in [1.54, 1.807) is 0 Å². The van der Waals surface area contributed by atoms with Crippen LogP contribution in [0.3, 0.4) is 0 Å². The van der Waals surface area contributed by atoms with Crippen molar-refractivity contribution in [2.75, 3.05) is 19.7 Å². The second-order valence-corrected chi connectivity index (χ2v) is 6.73. The monoisotopic (exact) mass is 294 g/mol. The molecule has 1 aromatic heterocycles. The van der Waals surface area contributed by atoms with Gasteiger partial charge < -0.3 is 5.11 Å². The molecule has 1 saturated heterocycles. The zero-order chi connectivity index (χ0) is 14.6. The van der Waals surface area contributed by atoms with Gasteiger partial charge in [0.05, 0.1) is 0 Å². The fraction of sp³-hybridized carbons (Fsp3) is 0.500. The quantitative estimate of drug-likeness (QED) is 0.839. The molecule has 5 nitrogen and oxygen atoms in total. The van der Waals surface area contributed by atoms with Gasteiger partial charge in [-0.1, -0.05) is 25.2 Å².